The molecule has 18 heavy (non-hydrogen) atoms. The minimum atomic E-state index is -0.255. The van der Waals surface area contributed by atoms with Crippen LogP contribution in [0.1, 0.15) is 30.9 Å². The minimum Gasteiger partial charge on any atom is -0.490 e. The van der Waals surface area contributed by atoms with Gasteiger partial charge in [0.15, 0.2) is 11.5 Å². The van der Waals surface area contributed by atoms with E-state index < -0.39 is 0 Å². The molecule has 4 heteroatoms. The molecule has 2 aliphatic rings. The predicted octanol–water partition coefficient (Wildman–Crippen LogP) is 2.16. The number of ether oxygens (including phenoxy) is 2. The molecule has 0 radical (unpaired) electrons. The second-order valence-electron chi connectivity index (χ2n) is 4.76. The molecule has 1 N–H and O–H groups in total. The van der Waals surface area contributed by atoms with Crippen LogP contribution in [0.4, 0.5) is 0 Å². The van der Waals surface area contributed by atoms with E-state index in [-0.39, 0.29) is 6.04 Å². The summed E-state index contributed by atoms with van der Waals surface area (Å²) in [6, 6.07) is 8.31. The van der Waals surface area contributed by atoms with Gasteiger partial charge in [-0.25, -0.2) is 0 Å². The van der Waals surface area contributed by atoms with Crippen molar-refractivity contribution in [3.8, 4) is 17.6 Å². The zero-order chi connectivity index (χ0) is 12.4. The number of hydrogen-bond acceptors (Lipinski definition) is 4. The quantitative estimate of drug-likeness (QED) is 0.885. The minimum absolute atomic E-state index is 0.255. The molecule has 1 aliphatic carbocycles. The van der Waals surface area contributed by atoms with Crippen LogP contribution in [0.25, 0.3) is 0 Å². The Kier molecular flexibility index (Phi) is 3.07. The molecule has 0 amide bonds. The average molecular weight is 244 g/mol. The van der Waals surface area contributed by atoms with Gasteiger partial charge in [0, 0.05) is 12.5 Å². The Morgan fingerprint density at radius 2 is 2.00 bits per heavy atom. The molecular weight excluding hydrogens is 228 g/mol. The number of nitrogens with zero attached hydrogens (tertiary/aromatic N) is 1. The average Bonchev–Trinajstić information content (AvgIpc) is 3.22. The van der Waals surface area contributed by atoms with Crippen molar-refractivity contribution in [2.75, 3.05) is 13.2 Å². The molecule has 0 bridgehead atoms. The van der Waals surface area contributed by atoms with E-state index in [2.05, 4.69) is 11.4 Å². The molecule has 1 unspecified atom stereocenters. The van der Waals surface area contributed by atoms with Crippen molar-refractivity contribution in [3.63, 3.8) is 0 Å². The van der Waals surface area contributed by atoms with Gasteiger partial charge in [0.05, 0.1) is 19.3 Å². The number of nitrogens with one attached hydrogen (secondary N) is 1. The summed E-state index contributed by atoms with van der Waals surface area (Å²) in [4.78, 5) is 0. The van der Waals surface area contributed by atoms with E-state index in [0.717, 1.165) is 23.5 Å². The highest BCUT2D eigenvalue weighted by Gasteiger charge is 2.26. The van der Waals surface area contributed by atoms with Crippen molar-refractivity contribution >= 4 is 0 Å². The maximum Gasteiger partial charge on any atom is 0.161 e. The Balaban J connectivity index is 1.83. The van der Waals surface area contributed by atoms with E-state index >= 15 is 0 Å². The van der Waals surface area contributed by atoms with E-state index in [1.165, 1.54) is 12.8 Å². The van der Waals surface area contributed by atoms with Gasteiger partial charge < -0.3 is 9.47 Å². The Morgan fingerprint density at radius 3 is 2.72 bits per heavy atom. The van der Waals surface area contributed by atoms with Crippen LogP contribution in [0.5, 0.6) is 11.5 Å². The maximum absolute atomic E-state index is 9.23. The monoisotopic (exact) mass is 244 g/mol. The van der Waals surface area contributed by atoms with Crippen LogP contribution < -0.4 is 14.8 Å². The Labute approximate surface area is 107 Å². The van der Waals surface area contributed by atoms with Gasteiger partial charge in [0.2, 0.25) is 0 Å². The molecule has 1 aliphatic heterocycles. The molecule has 1 heterocycles. The van der Waals surface area contributed by atoms with E-state index in [1.54, 1.807) is 0 Å². The second kappa shape index (κ2) is 4.87. The van der Waals surface area contributed by atoms with Crippen LogP contribution in [-0.4, -0.2) is 19.3 Å². The number of rotatable bonds is 3. The Morgan fingerprint density at radius 1 is 1.22 bits per heavy atom. The summed E-state index contributed by atoms with van der Waals surface area (Å²) in [7, 11) is 0. The summed E-state index contributed by atoms with van der Waals surface area (Å²) in [5.41, 5.74) is 0.952. The predicted molar refractivity (Wildman–Crippen MR) is 66.6 cm³/mol. The largest absolute Gasteiger partial charge is 0.490 e. The van der Waals surface area contributed by atoms with Crippen molar-refractivity contribution < 1.29 is 9.47 Å². The van der Waals surface area contributed by atoms with Gasteiger partial charge in [-0.1, -0.05) is 6.07 Å². The summed E-state index contributed by atoms with van der Waals surface area (Å²) in [6.07, 6.45) is 3.23. The van der Waals surface area contributed by atoms with Gasteiger partial charge in [-0.2, -0.15) is 5.26 Å². The van der Waals surface area contributed by atoms with Crippen LogP contribution in [0, 0.1) is 11.3 Å². The van der Waals surface area contributed by atoms with Crippen LogP contribution >= 0.6 is 0 Å². The Hall–Kier alpha value is -1.73. The highest BCUT2D eigenvalue weighted by atomic mass is 16.5. The van der Waals surface area contributed by atoms with Gasteiger partial charge >= 0.3 is 0 Å². The van der Waals surface area contributed by atoms with Crippen LogP contribution in [0.3, 0.4) is 0 Å². The number of benzene rings is 1. The smallest absolute Gasteiger partial charge is 0.161 e. The third kappa shape index (κ3) is 2.41. The lowest BCUT2D eigenvalue weighted by Crippen LogP contribution is -2.22. The fraction of sp³-hybridized carbons (Fsp3) is 0.500. The number of nitriles is 1. The van der Waals surface area contributed by atoms with E-state index in [4.69, 9.17) is 9.47 Å². The van der Waals surface area contributed by atoms with Crippen molar-refractivity contribution in [3.05, 3.63) is 23.8 Å². The molecular formula is C14H16N2O2. The van der Waals surface area contributed by atoms with Gasteiger partial charge in [0.25, 0.3) is 0 Å². The third-order valence-corrected chi connectivity index (χ3v) is 3.21. The molecule has 1 aromatic carbocycles. The second-order valence-corrected chi connectivity index (χ2v) is 4.76. The summed E-state index contributed by atoms with van der Waals surface area (Å²) >= 11 is 0. The summed E-state index contributed by atoms with van der Waals surface area (Å²) in [5, 5.41) is 12.6. The first-order valence-corrected chi connectivity index (χ1v) is 6.42. The molecule has 0 aromatic heterocycles. The topological polar surface area (TPSA) is 54.3 Å². The lowest BCUT2D eigenvalue weighted by Gasteiger charge is -2.14. The molecule has 4 nitrogen and oxygen atoms in total. The molecule has 1 saturated carbocycles. The van der Waals surface area contributed by atoms with Gasteiger partial charge in [0.1, 0.15) is 6.04 Å². The molecule has 3 rings (SSSR count). The van der Waals surface area contributed by atoms with Crippen molar-refractivity contribution in [2.45, 2.75) is 31.3 Å². The van der Waals surface area contributed by atoms with Crippen molar-refractivity contribution in [1.82, 2.24) is 5.32 Å². The SMILES string of the molecule is N#CC(NC1CC1)c1ccc2c(c1)OCCCO2. The molecule has 1 aromatic rings. The highest BCUT2D eigenvalue weighted by Crippen LogP contribution is 2.33. The summed E-state index contributed by atoms with van der Waals surface area (Å²) in [5.74, 6) is 1.53. The fourth-order valence-corrected chi connectivity index (χ4v) is 2.05. The summed E-state index contributed by atoms with van der Waals surface area (Å²) < 4.78 is 11.2. The molecule has 0 saturated heterocycles. The van der Waals surface area contributed by atoms with Gasteiger partial charge in [-0.3, -0.25) is 5.32 Å². The number of hydrogen-bond donors (Lipinski definition) is 1. The van der Waals surface area contributed by atoms with Crippen LogP contribution in [-0.2, 0) is 0 Å². The maximum atomic E-state index is 9.23. The fourth-order valence-electron chi connectivity index (χ4n) is 2.05. The van der Waals surface area contributed by atoms with Crippen molar-refractivity contribution in [2.24, 2.45) is 0 Å². The lowest BCUT2D eigenvalue weighted by molar-refractivity contribution is 0.297. The zero-order valence-corrected chi connectivity index (χ0v) is 10.2. The zero-order valence-electron chi connectivity index (χ0n) is 10.2. The lowest BCUT2D eigenvalue weighted by atomic mass is 10.1. The first kappa shape index (κ1) is 11.4. The van der Waals surface area contributed by atoms with Crippen molar-refractivity contribution in [1.29, 1.82) is 5.26 Å². The number of fused-ring (bicyclic) bond motifs is 1. The van der Waals surface area contributed by atoms with E-state index in [9.17, 15) is 5.26 Å². The Bertz CT molecular complexity index is 477. The first-order chi connectivity index (χ1) is 8.86. The molecule has 1 fully saturated rings. The van der Waals surface area contributed by atoms with Gasteiger partial charge in [-0.15, -0.1) is 0 Å². The summed E-state index contributed by atoms with van der Waals surface area (Å²) in [6.45, 7) is 1.36. The van der Waals surface area contributed by atoms with Crippen LogP contribution in [0.15, 0.2) is 18.2 Å². The highest BCUT2D eigenvalue weighted by molar-refractivity contribution is 5.45. The molecule has 94 valence electrons. The molecule has 0 spiro atoms. The molecule has 1 atom stereocenters. The van der Waals surface area contributed by atoms with Gasteiger partial charge in [-0.05, 0) is 30.5 Å². The van der Waals surface area contributed by atoms with Crippen LogP contribution in [0.2, 0.25) is 0 Å². The van der Waals surface area contributed by atoms with E-state index in [1.807, 2.05) is 18.2 Å². The standard InChI is InChI=1S/C14H16N2O2/c15-9-12(16-11-3-4-11)10-2-5-13-14(8-10)18-7-1-6-17-13/h2,5,8,11-12,16H,1,3-4,6-7H2. The normalized spacial score (nSPS) is 19.7. The van der Waals surface area contributed by atoms with E-state index in [0.29, 0.717) is 19.3 Å². The third-order valence-electron chi connectivity index (χ3n) is 3.21. The first-order valence-electron chi connectivity index (χ1n) is 6.42.